The van der Waals surface area contributed by atoms with Crippen molar-refractivity contribution >= 4 is 17.0 Å². The highest BCUT2D eigenvalue weighted by Gasteiger charge is 2.19. The van der Waals surface area contributed by atoms with E-state index < -0.39 is 0 Å². The summed E-state index contributed by atoms with van der Waals surface area (Å²) >= 11 is 0. The number of aromatic nitrogens is 5. The van der Waals surface area contributed by atoms with Crippen LogP contribution in [0, 0.1) is 0 Å². The lowest BCUT2D eigenvalue weighted by Gasteiger charge is -2.11. The van der Waals surface area contributed by atoms with Crippen molar-refractivity contribution in [2.24, 2.45) is 0 Å². The third-order valence-electron chi connectivity index (χ3n) is 5.24. The number of imidazole rings is 1. The van der Waals surface area contributed by atoms with Gasteiger partial charge in [0.05, 0.1) is 30.5 Å². The molecule has 5 aromatic rings. The van der Waals surface area contributed by atoms with Gasteiger partial charge in [0.15, 0.2) is 11.5 Å². The molecule has 0 radical (unpaired) electrons. The Morgan fingerprint density at radius 1 is 0.969 bits per heavy atom. The van der Waals surface area contributed by atoms with E-state index in [2.05, 4.69) is 9.97 Å². The van der Waals surface area contributed by atoms with E-state index in [1.807, 2.05) is 53.1 Å². The molecule has 0 spiro atoms. The van der Waals surface area contributed by atoms with Crippen molar-refractivity contribution in [2.75, 3.05) is 12.8 Å². The minimum absolute atomic E-state index is 0.0312. The molecule has 0 aliphatic rings. The first-order chi connectivity index (χ1) is 15.7. The van der Waals surface area contributed by atoms with Crippen LogP contribution in [0.25, 0.3) is 39.5 Å². The highest BCUT2D eigenvalue weighted by atomic mass is 16.5. The minimum atomic E-state index is -0.0312. The molecule has 0 bridgehead atoms. The van der Waals surface area contributed by atoms with Crippen LogP contribution in [0.4, 0.5) is 5.82 Å². The Balaban J connectivity index is 1.79. The molecule has 0 saturated heterocycles. The van der Waals surface area contributed by atoms with E-state index in [4.69, 9.17) is 20.4 Å². The SMILES string of the molecule is COc1ccncc1-c1ccc2nc(-c3cccnc3N)n(-c3ccc(CO)cc3)c2n1. The molecule has 4 aromatic heterocycles. The summed E-state index contributed by atoms with van der Waals surface area (Å²) in [5, 5.41) is 9.44. The Morgan fingerprint density at radius 2 is 1.81 bits per heavy atom. The molecular formula is C24H20N6O2. The number of rotatable bonds is 5. The number of nitrogen functional groups attached to an aromatic ring is 1. The van der Waals surface area contributed by atoms with Crippen molar-refractivity contribution < 1.29 is 9.84 Å². The maximum atomic E-state index is 9.44. The zero-order valence-corrected chi connectivity index (χ0v) is 17.3. The van der Waals surface area contributed by atoms with Gasteiger partial charge in [-0.2, -0.15) is 0 Å². The maximum Gasteiger partial charge on any atom is 0.165 e. The lowest BCUT2D eigenvalue weighted by molar-refractivity contribution is 0.282. The van der Waals surface area contributed by atoms with Gasteiger partial charge in [-0.15, -0.1) is 0 Å². The van der Waals surface area contributed by atoms with Gasteiger partial charge in [-0.3, -0.25) is 9.55 Å². The molecule has 0 aliphatic carbocycles. The fraction of sp³-hybridized carbons (Fsp3) is 0.0833. The topological polar surface area (TPSA) is 112 Å². The quantitative estimate of drug-likeness (QED) is 0.443. The third-order valence-corrected chi connectivity index (χ3v) is 5.24. The zero-order valence-electron chi connectivity index (χ0n) is 17.3. The average Bonchev–Trinajstić information content (AvgIpc) is 3.22. The van der Waals surface area contributed by atoms with E-state index >= 15 is 0 Å². The summed E-state index contributed by atoms with van der Waals surface area (Å²) in [6, 6.07) is 16.9. The molecule has 158 valence electrons. The van der Waals surface area contributed by atoms with Gasteiger partial charge in [-0.25, -0.2) is 15.0 Å². The number of ether oxygens (including phenoxy) is 1. The van der Waals surface area contributed by atoms with E-state index in [1.54, 1.807) is 31.8 Å². The summed E-state index contributed by atoms with van der Waals surface area (Å²) in [6.45, 7) is -0.0312. The molecule has 0 unspecified atom stereocenters. The van der Waals surface area contributed by atoms with Crippen molar-refractivity contribution in [3.63, 3.8) is 0 Å². The predicted octanol–water partition coefficient (Wildman–Crippen LogP) is 3.63. The van der Waals surface area contributed by atoms with Crippen LogP contribution in [0.2, 0.25) is 0 Å². The molecule has 8 heteroatoms. The first kappa shape index (κ1) is 19.7. The number of nitrogens with two attached hydrogens (primary N) is 1. The van der Waals surface area contributed by atoms with Crippen molar-refractivity contribution in [1.82, 2.24) is 24.5 Å². The standard InChI is InChI=1S/C24H20N6O2/c1-32-21-10-12-26-13-18(21)19-8-9-20-24(28-19)30(16-6-4-15(14-31)5-7-16)23(29-20)17-3-2-11-27-22(17)25/h2-13,31H,14H2,1H3,(H2,25,27). The number of hydrogen-bond donors (Lipinski definition) is 2. The number of aliphatic hydroxyl groups is 1. The monoisotopic (exact) mass is 424 g/mol. The van der Waals surface area contributed by atoms with Gasteiger partial charge >= 0.3 is 0 Å². The van der Waals surface area contributed by atoms with E-state index in [-0.39, 0.29) is 6.61 Å². The predicted molar refractivity (Wildman–Crippen MR) is 122 cm³/mol. The number of hydrogen-bond acceptors (Lipinski definition) is 7. The van der Waals surface area contributed by atoms with Crippen LogP contribution >= 0.6 is 0 Å². The maximum absolute atomic E-state index is 9.44. The number of anilines is 1. The van der Waals surface area contributed by atoms with E-state index in [0.717, 1.165) is 16.8 Å². The molecule has 0 saturated carbocycles. The van der Waals surface area contributed by atoms with Gasteiger partial charge in [0, 0.05) is 24.3 Å². The molecule has 4 heterocycles. The molecule has 0 fully saturated rings. The summed E-state index contributed by atoms with van der Waals surface area (Å²) < 4.78 is 7.43. The van der Waals surface area contributed by atoms with E-state index in [9.17, 15) is 5.11 Å². The lowest BCUT2D eigenvalue weighted by Crippen LogP contribution is -2.02. The van der Waals surface area contributed by atoms with Crippen LogP contribution in [-0.2, 0) is 6.61 Å². The summed E-state index contributed by atoms with van der Waals surface area (Å²) in [7, 11) is 1.62. The normalized spacial score (nSPS) is 11.1. The van der Waals surface area contributed by atoms with Crippen molar-refractivity contribution in [2.45, 2.75) is 6.61 Å². The molecule has 1 aromatic carbocycles. The first-order valence-corrected chi connectivity index (χ1v) is 9.98. The number of aliphatic hydroxyl groups excluding tert-OH is 1. The Bertz CT molecular complexity index is 1410. The molecule has 0 atom stereocenters. The highest BCUT2D eigenvalue weighted by Crippen LogP contribution is 2.33. The van der Waals surface area contributed by atoms with Gasteiger partial charge in [-0.1, -0.05) is 12.1 Å². The summed E-state index contributed by atoms with van der Waals surface area (Å²) in [4.78, 5) is 18.2. The zero-order chi connectivity index (χ0) is 22.1. The van der Waals surface area contributed by atoms with Crippen LogP contribution in [0.15, 0.2) is 73.2 Å². The number of benzene rings is 1. The molecule has 5 rings (SSSR count). The summed E-state index contributed by atoms with van der Waals surface area (Å²) in [5.74, 6) is 1.69. The van der Waals surface area contributed by atoms with Crippen molar-refractivity contribution in [1.29, 1.82) is 0 Å². The molecule has 3 N–H and O–H groups in total. The average molecular weight is 424 g/mol. The Labute approximate surface area is 184 Å². The third kappa shape index (κ3) is 3.32. The van der Waals surface area contributed by atoms with E-state index in [1.165, 1.54) is 0 Å². The van der Waals surface area contributed by atoms with Crippen LogP contribution < -0.4 is 10.5 Å². The first-order valence-electron chi connectivity index (χ1n) is 9.98. The smallest absolute Gasteiger partial charge is 0.165 e. The van der Waals surface area contributed by atoms with E-state index in [0.29, 0.717) is 39.8 Å². The van der Waals surface area contributed by atoms with Crippen molar-refractivity contribution in [3.05, 3.63) is 78.8 Å². The van der Waals surface area contributed by atoms with Gasteiger partial charge in [0.2, 0.25) is 0 Å². The van der Waals surface area contributed by atoms with Crippen LogP contribution in [0.5, 0.6) is 5.75 Å². The van der Waals surface area contributed by atoms with Gasteiger partial charge < -0.3 is 15.6 Å². The molecular weight excluding hydrogens is 404 g/mol. The van der Waals surface area contributed by atoms with Gasteiger partial charge in [0.1, 0.15) is 17.1 Å². The molecule has 8 nitrogen and oxygen atoms in total. The molecule has 32 heavy (non-hydrogen) atoms. The second-order valence-electron chi connectivity index (χ2n) is 7.15. The van der Waals surface area contributed by atoms with Gasteiger partial charge in [-0.05, 0) is 48.0 Å². The second-order valence-corrected chi connectivity index (χ2v) is 7.15. The second kappa shape index (κ2) is 8.09. The van der Waals surface area contributed by atoms with Gasteiger partial charge in [0.25, 0.3) is 0 Å². The highest BCUT2D eigenvalue weighted by molar-refractivity contribution is 5.85. The van der Waals surface area contributed by atoms with Crippen molar-refractivity contribution in [3.8, 4) is 34.1 Å². The summed E-state index contributed by atoms with van der Waals surface area (Å²) in [6.07, 6.45) is 5.05. The van der Waals surface area contributed by atoms with Crippen LogP contribution in [0.1, 0.15) is 5.56 Å². The van der Waals surface area contributed by atoms with Crippen LogP contribution in [-0.4, -0.2) is 36.7 Å². The number of fused-ring (bicyclic) bond motifs is 1. The number of methoxy groups -OCH3 is 1. The Hall–Kier alpha value is -4.30. The number of nitrogens with zero attached hydrogens (tertiary/aromatic N) is 5. The fourth-order valence-electron chi connectivity index (χ4n) is 3.64. The minimum Gasteiger partial charge on any atom is -0.496 e. The largest absolute Gasteiger partial charge is 0.496 e. The Kier molecular flexibility index (Phi) is 4.97. The van der Waals surface area contributed by atoms with Crippen LogP contribution in [0.3, 0.4) is 0 Å². The number of pyridine rings is 3. The molecule has 0 amide bonds. The lowest BCUT2D eigenvalue weighted by atomic mass is 10.1. The summed E-state index contributed by atoms with van der Waals surface area (Å²) in [5.41, 5.74) is 11.4. The fourth-order valence-corrected chi connectivity index (χ4v) is 3.64. The molecule has 0 aliphatic heterocycles. The Morgan fingerprint density at radius 3 is 2.56 bits per heavy atom.